The SMILES string of the molecule is O=C(CCCNC(=O)c1ccco1)Nc1ccccc1N1CCCCC1. The summed E-state index contributed by atoms with van der Waals surface area (Å²) in [6.07, 6.45) is 6.04. The van der Waals surface area contributed by atoms with Crippen LogP contribution in [0.15, 0.2) is 47.1 Å². The van der Waals surface area contributed by atoms with Crippen molar-refractivity contribution in [3.63, 3.8) is 0 Å². The van der Waals surface area contributed by atoms with Crippen molar-refractivity contribution < 1.29 is 14.0 Å². The smallest absolute Gasteiger partial charge is 0.286 e. The number of furan rings is 1. The molecule has 0 spiro atoms. The third kappa shape index (κ3) is 4.88. The molecule has 2 heterocycles. The van der Waals surface area contributed by atoms with Gasteiger partial charge in [0, 0.05) is 26.1 Å². The molecule has 1 aliphatic rings. The van der Waals surface area contributed by atoms with Crippen molar-refractivity contribution in [3.8, 4) is 0 Å². The summed E-state index contributed by atoms with van der Waals surface area (Å²) in [5, 5.41) is 5.76. The number of anilines is 2. The van der Waals surface area contributed by atoms with Crippen LogP contribution in [0.2, 0.25) is 0 Å². The number of benzene rings is 1. The first-order valence-corrected chi connectivity index (χ1v) is 9.19. The molecule has 0 unspecified atom stereocenters. The number of carbonyl (C=O) groups excluding carboxylic acids is 2. The number of piperidine rings is 1. The zero-order chi connectivity index (χ0) is 18.2. The van der Waals surface area contributed by atoms with Gasteiger partial charge in [-0.25, -0.2) is 0 Å². The average Bonchev–Trinajstić information content (AvgIpc) is 3.21. The normalized spacial score (nSPS) is 14.1. The monoisotopic (exact) mass is 355 g/mol. The summed E-state index contributed by atoms with van der Waals surface area (Å²) in [6, 6.07) is 11.2. The minimum Gasteiger partial charge on any atom is -0.459 e. The van der Waals surface area contributed by atoms with E-state index in [0.29, 0.717) is 19.4 Å². The van der Waals surface area contributed by atoms with E-state index in [-0.39, 0.29) is 17.6 Å². The van der Waals surface area contributed by atoms with Crippen molar-refractivity contribution in [2.45, 2.75) is 32.1 Å². The van der Waals surface area contributed by atoms with Gasteiger partial charge in [-0.05, 0) is 49.9 Å². The van der Waals surface area contributed by atoms with E-state index in [0.717, 1.165) is 24.5 Å². The van der Waals surface area contributed by atoms with E-state index in [9.17, 15) is 9.59 Å². The lowest BCUT2D eigenvalue weighted by Crippen LogP contribution is -2.30. The second kappa shape index (κ2) is 9.08. The van der Waals surface area contributed by atoms with Crippen molar-refractivity contribution in [2.24, 2.45) is 0 Å². The third-order valence-electron chi connectivity index (χ3n) is 4.49. The van der Waals surface area contributed by atoms with Gasteiger partial charge in [-0.1, -0.05) is 12.1 Å². The van der Waals surface area contributed by atoms with E-state index >= 15 is 0 Å². The summed E-state index contributed by atoms with van der Waals surface area (Å²) in [6.45, 7) is 2.50. The van der Waals surface area contributed by atoms with Gasteiger partial charge in [-0.15, -0.1) is 0 Å². The van der Waals surface area contributed by atoms with Gasteiger partial charge >= 0.3 is 0 Å². The van der Waals surface area contributed by atoms with Crippen LogP contribution in [0.4, 0.5) is 11.4 Å². The van der Waals surface area contributed by atoms with Crippen LogP contribution in [-0.4, -0.2) is 31.4 Å². The number of hydrogen-bond donors (Lipinski definition) is 2. The Bertz CT molecular complexity index is 722. The summed E-state index contributed by atoms with van der Waals surface area (Å²) in [5.41, 5.74) is 1.95. The van der Waals surface area contributed by atoms with Crippen LogP contribution < -0.4 is 15.5 Å². The Hall–Kier alpha value is -2.76. The molecule has 6 nitrogen and oxygen atoms in total. The topological polar surface area (TPSA) is 74.6 Å². The molecule has 1 fully saturated rings. The first kappa shape index (κ1) is 18.0. The number of para-hydroxylation sites is 2. The molecular weight excluding hydrogens is 330 g/mol. The number of amides is 2. The Morgan fingerprint density at radius 2 is 1.85 bits per heavy atom. The molecule has 0 saturated carbocycles. The fraction of sp³-hybridized carbons (Fsp3) is 0.400. The van der Waals surface area contributed by atoms with Gasteiger partial charge in [0.25, 0.3) is 5.91 Å². The summed E-state index contributed by atoms with van der Waals surface area (Å²) < 4.78 is 5.03. The van der Waals surface area contributed by atoms with Gasteiger partial charge in [0.1, 0.15) is 0 Å². The molecular formula is C20H25N3O3. The second-order valence-corrected chi connectivity index (χ2v) is 6.45. The van der Waals surface area contributed by atoms with Crippen LogP contribution >= 0.6 is 0 Å². The molecule has 138 valence electrons. The van der Waals surface area contributed by atoms with Crippen LogP contribution in [0, 0.1) is 0 Å². The highest BCUT2D eigenvalue weighted by atomic mass is 16.3. The number of nitrogens with zero attached hydrogens (tertiary/aromatic N) is 1. The molecule has 26 heavy (non-hydrogen) atoms. The van der Waals surface area contributed by atoms with E-state index < -0.39 is 0 Å². The first-order valence-electron chi connectivity index (χ1n) is 9.19. The lowest BCUT2D eigenvalue weighted by Gasteiger charge is -2.30. The average molecular weight is 355 g/mol. The predicted octanol–water partition coefficient (Wildman–Crippen LogP) is 3.42. The van der Waals surface area contributed by atoms with Crippen LogP contribution in [0.25, 0.3) is 0 Å². The van der Waals surface area contributed by atoms with E-state index in [1.807, 2.05) is 18.2 Å². The van der Waals surface area contributed by atoms with E-state index in [1.54, 1.807) is 12.1 Å². The Labute approximate surface area is 153 Å². The minimum absolute atomic E-state index is 0.0401. The van der Waals surface area contributed by atoms with E-state index in [4.69, 9.17) is 4.42 Å². The van der Waals surface area contributed by atoms with Crippen molar-refractivity contribution in [1.29, 1.82) is 0 Å². The quantitative estimate of drug-likeness (QED) is 0.746. The van der Waals surface area contributed by atoms with Gasteiger partial charge in [0.05, 0.1) is 17.6 Å². The fourth-order valence-corrected chi connectivity index (χ4v) is 3.15. The lowest BCUT2D eigenvalue weighted by atomic mass is 10.1. The second-order valence-electron chi connectivity index (χ2n) is 6.45. The summed E-state index contributed by atoms with van der Waals surface area (Å²) >= 11 is 0. The number of nitrogens with one attached hydrogen (secondary N) is 2. The molecule has 0 bridgehead atoms. The van der Waals surface area contributed by atoms with Crippen LogP contribution in [0.5, 0.6) is 0 Å². The summed E-state index contributed by atoms with van der Waals surface area (Å²) in [7, 11) is 0. The lowest BCUT2D eigenvalue weighted by molar-refractivity contribution is -0.116. The molecule has 2 aromatic rings. The maximum atomic E-state index is 12.3. The molecule has 1 saturated heterocycles. The van der Waals surface area contributed by atoms with Crippen molar-refractivity contribution >= 4 is 23.2 Å². The van der Waals surface area contributed by atoms with Crippen LogP contribution in [0.3, 0.4) is 0 Å². The Kier molecular flexibility index (Phi) is 6.30. The van der Waals surface area contributed by atoms with Crippen molar-refractivity contribution in [2.75, 3.05) is 29.9 Å². The van der Waals surface area contributed by atoms with Gasteiger partial charge < -0.3 is 20.0 Å². The molecule has 0 radical (unpaired) electrons. The van der Waals surface area contributed by atoms with Crippen LogP contribution in [-0.2, 0) is 4.79 Å². The Morgan fingerprint density at radius 1 is 1.04 bits per heavy atom. The molecule has 1 aliphatic heterocycles. The van der Waals surface area contributed by atoms with Gasteiger partial charge in [-0.2, -0.15) is 0 Å². The first-order chi connectivity index (χ1) is 12.7. The highest BCUT2D eigenvalue weighted by molar-refractivity contribution is 5.94. The molecule has 0 atom stereocenters. The summed E-state index contributed by atoms with van der Waals surface area (Å²) in [5.74, 6) is -0.0162. The highest BCUT2D eigenvalue weighted by Crippen LogP contribution is 2.28. The van der Waals surface area contributed by atoms with Crippen molar-refractivity contribution in [3.05, 3.63) is 48.4 Å². The number of rotatable bonds is 7. The van der Waals surface area contributed by atoms with Crippen molar-refractivity contribution in [1.82, 2.24) is 5.32 Å². The zero-order valence-corrected chi connectivity index (χ0v) is 14.9. The standard InChI is InChI=1S/C20H25N3O3/c24-19(11-6-12-21-20(25)18-10-7-15-26-18)22-16-8-2-3-9-17(16)23-13-4-1-5-14-23/h2-3,7-10,15H,1,4-6,11-14H2,(H,21,25)(H,22,24). The maximum absolute atomic E-state index is 12.3. The number of hydrogen-bond acceptors (Lipinski definition) is 4. The molecule has 3 rings (SSSR count). The molecule has 6 heteroatoms. The van der Waals surface area contributed by atoms with Gasteiger partial charge in [0.15, 0.2) is 5.76 Å². The summed E-state index contributed by atoms with van der Waals surface area (Å²) in [4.78, 5) is 26.3. The Morgan fingerprint density at radius 3 is 2.62 bits per heavy atom. The van der Waals surface area contributed by atoms with E-state index in [1.165, 1.54) is 25.5 Å². The van der Waals surface area contributed by atoms with Gasteiger partial charge in [-0.3, -0.25) is 9.59 Å². The maximum Gasteiger partial charge on any atom is 0.286 e. The third-order valence-corrected chi connectivity index (χ3v) is 4.49. The zero-order valence-electron chi connectivity index (χ0n) is 14.9. The highest BCUT2D eigenvalue weighted by Gasteiger charge is 2.15. The largest absolute Gasteiger partial charge is 0.459 e. The van der Waals surface area contributed by atoms with Gasteiger partial charge in [0.2, 0.25) is 5.91 Å². The number of carbonyl (C=O) groups is 2. The minimum atomic E-state index is -0.258. The van der Waals surface area contributed by atoms with E-state index in [2.05, 4.69) is 21.6 Å². The molecule has 2 amide bonds. The molecule has 0 aliphatic carbocycles. The molecule has 1 aromatic heterocycles. The fourth-order valence-electron chi connectivity index (χ4n) is 3.15. The van der Waals surface area contributed by atoms with Crippen LogP contribution in [0.1, 0.15) is 42.7 Å². The predicted molar refractivity (Wildman–Crippen MR) is 101 cm³/mol. The molecule has 2 N–H and O–H groups in total. The Balaban J connectivity index is 1.45. The molecule has 1 aromatic carbocycles.